The quantitative estimate of drug-likeness (QED) is 0.313. The van der Waals surface area contributed by atoms with Gasteiger partial charge in [-0.3, -0.25) is 4.90 Å². The number of hydrogen-bond acceptors (Lipinski definition) is 8. The Morgan fingerprint density at radius 1 is 1.13 bits per heavy atom. The molecule has 2 aromatic heterocycles. The van der Waals surface area contributed by atoms with Crippen LogP contribution in [0.3, 0.4) is 0 Å². The Morgan fingerprint density at radius 3 is 2.94 bits per heavy atom. The van der Waals surface area contributed by atoms with E-state index in [0.717, 1.165) is 60.3 Å². The lowest BCUT2D eigenvalue weighted by molar-refractivity contribution is 0.230. The van der Waals surface area contributed by atoms with Crippen LogP contribution in [0, 0.1) is 0 Å². The minimum absolute atomic E-state index is 0.451. The Labute approximate surface area is 191 Å². The maximum atomic E-state index is 6.17. The summed E-state index contributed by atoms with van der Waals surface area (Å²) >= 11 is 7.83. The summed E-state index contributed by atoms with van der Waals surface area (Å²) < 4.78 is 3.36. The number of rotatable bonds is 7. The highest BCUT2D eigenvalue weighted by atomic mass is 35.5. The molecule has 1 atom stereocenters. The van der Waals surface area contributed by atoms with Crippen molar-refractivity contribution in [3.05, 3.63) is 47.7 Å². The van der Waals surface area contributed by atoms with E-state index in [1.165, 1.54) is 19.4 Å². The van der Waals surface area contributed by atoms with Gasteiger partial charge in [0.2, 0.25) is 5.95 Å². The second kappa shape index (κ2) is 9.46. The number of anilines is 3. The lowest BCUT2D eigenvalue weighted by atomic mass is 10.1. The molecule has 0 bridgehead atoms. The monoisotopic (exact) mass is 455 g/mol. The number of piperazine rings is 1. The summed E-state index contributed by atoms with van der Waals surface area (Å²) in [5.41, 5.74) is 1.92. The first-order valence-electron chi connectivity index (χ1n) is 10.8. The predicted molar refractivity (Wildman–Crippen MR) is 130 cm³/mol. The van der Waals surface area contributed by atoms with Crippen molar-refractivity contribution in [2.75, 3.05) is 53.4 Å². The van der Waals surface area contributed by atoms with Gasteiger partial charge in [0.25, 0.3) is 0 Å². The third-order valence-electron chi connectivity index (χ3n) is 5.87. The topological polar surface area (TPSA) is 69.2 Å². The summed E-state index contributed by atoms with van der Waals surface area (Å²) in [6.07, 6.45) is 4.30. The minimum Gasteiger partial charge on any atom is -0.368 e. The van der Waals surface area contributed by atoms with Gasteiger partial charge in [-0.25, -0.2) is 9.97 Å². The van der Waals surface area contributed by atoms with Crippen LogP contribution >= 0.6 is 23.5 Å². The molecule has 5 rings (SSSR count). The van der Waals surface area contributed by atoms with E-state index < -0.39 is 0 Å². The molecule has 3 aromatic rings. The van der Waals surface area contributed by atoms with E-state index in [1.807, 2.05) is 24.3 Å². The van der Waals surface area contributed by atoms with E-state index in [0.29, 0.717) is 11.2 Å². The molecule has 0 radical (unpaired) electrons. The van der Waals surface area contributed by atoms with Crippen LogP contribution in [0.15, 0.2) is 42.6 Å². The molecule has 1 aromatic carbocycles. The number of hydrogen-bond donors (Lipinski definition) is 2. The van der Waals surface area contributed by atoms with Crippen molar-refractivity contribution in [3.8, 4) is 0 Å². The van der Waals surface area contributed by atoms with Gasteiger partial charge in [0, 0.05) is 49.0 Å². The smallest absolute Gasteiger partial charge is 0.228 e. The van der Waals surface area contributed by atoms with Crippen LogP contribution in [0.4, 0.5) is 17.5 Å². The molecule has 0 saturated carbocycles. The van der Waals surface area contributed by atoms with Gasteiger partial charge in [0.15, 0.2) is 0 Å². The van der Waals surface area contributed by atoms with E-state index in [4.69, 9.17) is 21.6 Å². The molecule has 2 aliphatic rings. The van der Waals surface area contributed by atoms with Gasteiger partial charge in [0.05, 0.1) is 11.7 Å². The zero-order valence-electron chi connectivity index (χ0n) is 17.3. The zero-order valence-corrected chi connectivity index (χ0v) is 18.9. The van der Waals surface area contributed by atoms with E-state index in [1.54, 1.807) is 18.1 Å². The summed E-state index contributed by atoms with van der Waals surface area (Å²) in [5, 5.41) is 4.85. The molecule has 2 aliphatic heterocycles. The second-order valence-corrected chi connectivity index (χ2v) is 9.21. The van der Waals surface area contributed by atoms with Crippen LogP contribution in [0.5, 0.6) is 0 Å². The highest BCUT2D eigenvalue weighted by Gasteiger charge is 2.31. The SMILES string of the molecule is Clc1cc2c(NCCSNc3ccccc3)nc(N3CCN4CCCC4C3)nc2cn1. The van der Waals surface area contributed by atoms with Crippen molar-refractivity contribution >= 4 is 51.9 Å². The fourth-order valence-electron chi connectivity index (χ4n) is 4.30. The molecule has 0 amide bonds. The molecule has 162 valence electrons. The van der Waals surface area contributed by atoms with Crippen LogP contribution in [-0.2, 0) is 0 Å². The Bertz CT molecular complexity index is 1040. The number of aromatic nitrogens is 3. The average molecular weight is 456 g/mol. The second-order valence-electron chi connectivity index (χ2n) is 7.92. The first kappa shape index (κ1) is 20.6. The maximum Gasteiger partial charge on any atom is 0.228 e. The van der Waals surface area contributed by atoms with Gasteiger partial charge >= 0.3 is 0 Å². The van der Waals surface area contributed by atoms with Crippen molar-refractivity contribution < 1.29 is 0 Å². The lowest BCUT2D eigenvalue weighted by Crippen LogP contribution is -2.50. The molecule has 0 spiro atoms. The molecule has 2 fully saturated rings. The first-order valence-corrected chi connectivity index (χ1v) is 12.1. The molecule has 4 heterocycles. The predicted octanol–water partition coefficient (Wildman–Crippen LogP) is 4.13. The van der Waals surface area contributed by atoms with E-state index in [2.05, 4.69) is 37.0 Å². The molecule has 31 heavy (non-hydrogen) atoms. The van der Waals surface area contributed by atoms with Crippen LogP contribution in [0.2, 0.25) is 5.15 Å². The minimum atomic E-state index is 0.451. The molecule has 2 N–H and O–H groups in total. The van der Waals surface area contributed by atoms with Gasteiger partial charge in [-0.2, -0.15) is 4.98 Å². The van der Waals surface area contributed by atoms with Crippen molar-refractivity contribution in [3.63, 3.8) is 0 Å². The Morgan fingerprint density at radius 2 is 2.03 bits per heavy atom. The van der Waals surface area contributed by atoms with Crippen LogP contribution < -0.4 is 14.9 Å². The molecule has 9 heteroatoms. The third kappa shape index (κ3) is 4.81. The summed E-state index contributed by atoms with van der Waals surface area (Å²) in [6.45, 7) is 5.02. The highest BCUT2D eigenvalue weighted by Crippen LogP contribution is 2.28. The van der Waals surface area contributed by atoms with Crippen molar-refractivity contribution in [2.24, 2.45) is 0 Å². The molecular weight excluding hydrogens is 430 g/mol. The van der Waals surface area contributed by atoms with Gasteiger partial charge in [-0.1, -0.05) is 41.7 Å². The Kier molecular flexibility index (Phi) is 6.29. The number of nitrogens with one attached hydrogen (secondary N) is 2. The Balaban J connectivity index is 1.29. The molecule has 7 nitrogen and oxygen atoms in total. The van der Waals surface area contributed by atoms with Crippen LogP contribution in [0.1, 0.15) is 12.8 Å². The zero-order chi connectivity index (χ0) is 21.0. The normalized spacial score (nSPS) is 18.9. The van der Waals surface area contributed by atoms with E-state index >= 15 is 0 Å². The standard InChI is InChI=1S/C22H26ClN7S/c23-20-13-18-19(14-25-20)26-22(30-11-10-29-9-4-7-17(29)15-30)27-21(18)24-8-12-31-28-16-5-2-1-3-6-16/h1-3,5-6,13-14,17,28H,4,7-12,15H2,(H,24,26,27). The summed E-state index contributed by atoms with van der Waals surface area (Å²) in [6, 6.07) is 12.6. The Hall–Kier alpha value is -2.29. The average Bonchev–Trinajstić information content (AvgIpc) is 3.27. The number of pyridine rings is 1. The number of halogens is 1. The molecule has 0 aliphatic carbocycles. The molecule has 2 saturated heterocycles. The van der Waals surface area contributed by atoms with Crippen LogP contribution in [0.25, 0.3) is 10.9 Å². The molecular formula is C22H26ClN7S. The van der Waals surface area contributed by atoms with Crippen LogP contribution in [-0.4, -0.2) is 64.4 Å². The van der Waals surface area contributed by atoms with E-state index in [9.17, 15) is 0 Å². The number of para-hydroxylation sites is 1. The van der Waals surface area contributed by atoms with Crippen molar-refractivity contribution in [2.45, 2.75) is 18.9 Å². The number of nitrogens with zero attached hydrogens (tertiary/aromatic N) is 5. The summed E-state index contributed by atoms with van der Waals surface area (Å²) in [7, 11) is 0. The van der Waals surface area contributed by atoms with Crippen molar-refractivity contribution in [1.82, 2.24) is 19.9 Å². The highest BCUT2D eigenvalue weighted by molar-refractivity contribution is 8.00. The maximum absolute atomic E-state index is 6.17. The number of benzene rings is 1. The van der Waals surface area contributed by atoms with Gasteiger partial charge in [-0.05, 0) is 37.6 Å². The summed E-state index contributed by atoms with van der Waals surface area (Å²) in [5.74, 6) is 2.48. The summed E-state index contributed by atoms with van der Waals surface area (Å²) in [4.78, 5) is 18.9. The van der Waals surface area contributed by atoms with Gasteiger partial charge in [0.1, 0.15) is 11.0 Å². The first-order chi connectivity index (χ1) is 15.3. The fourth-order valence-corrected chi connectivity index (χ4v) is 5.07. The van der Waals surface area contributed by atoms with E-state index in [-0.39, 0.29) is 0 Å². The number of fused-ring (bicyclic) bond motifs is 2. The largest absolute Gasteiger partial charge is 0.368 e. The third-order valence-corrected chi connectivity index (χ3v) is 6.86. The van der Waals surface area contributed by atoms with Crippen molar-refractivity contribution in [1.29, 1.82) is 0 Å². The van der Waals surface area contributed by atoms with Gasteiger partial charge in [-0.15, -0.1) is 0 Å². The lowest BCUT2D eigenvalue weighted by Gasteiger charge is -2.37. The van der Waals surface area contributed by atoms with Gasteiger partial charge < -0.3 is 14.9 Å². The molecule has 1 unspecified atom stereocenters. The fraction of sp³-hybridized carbons (Fsp3) is 0.409.